The maximum Gasteiger partial charge on any atom is 0.129 e. The molecule has 106 valence electrons. The summed E-state index contributed by atoms with van der Waals surface area (Å²) in [5.74, 6) is -1.16. The second-order valence-electron chi connectivity index (χ2n) is 4.82. The van der Waals surface area contributed by atoms with E-state index in [9.17, 15) is 8.78 Å². The van der Waals surface area contributed by atoms with Gasteiger partial charge < -0.3 is 5.73 Å². The first kappa shape index (κ1) is 13.6. The van der Waals surface area contributed by atoms with E-state index in [1.54, 1.807) is 30.6 Å². The Morgan fingerprint density at radius 2 is 1.62 bits per heavy atom. The van der Waals surface area contributed by atoms with E-state index in [0.717, 1.165) is 11.1 Å². The minimum Gasteiger partial charge on any atom is -0.324 e. The van der Waals surface area contributed by atoms with Gasteiger partial charge >= 0.3 is 0 Å². The second kappa shape index (κ2) is 5.54. The van der Waals surface area contributed by atoms with Crippen molar-refractivity contribution < 1.29 is 8.78 Å². The lowest BCUT2D eigenvalue weighted by atomic mass is 9.98. The average molecular weight is 285 g/mol. The molecule has 0 spiro atoms. The molecule has 3 aromatic rings. The van der Waals surface area contributed by atoms with Crippen molar-refractivity contribution in [3.05, 3.63) is 71.6 Å². The minimum atomic E-state index is -0.578. The molecular weight excluding hydrogens is 272 g/mol. The molecule has 1 aromatic heterocycles. The number of rotatable bonds is 3. The molecule has 2 aromatic carbocycles. The molecule has 5 heteroatoms. The first-order valence-corrected chi connectivity index (χ1v) is 6.54. The van der Waals surface area contributed by atoms with Crippen LogP contribution in [0.2, 0.25) is 0 Å². The van der Waals surface area contributed by atoms with Crippen LogP contribution in [0.15, 0.2) is 48.8 Å². The standard InChI is InChI=1S/C16H13F2N3/c17-12-2-1-3-13(18)11(12)9-14(19)10-4-5-15-16(8-10)21-7-6-20-15/h1-8,14H,9,19H2. The maximum atomic E-state index is 13.7. The van der Waals surface area contributed by atoms with Crippen LogP contribution in [0.1, 0.15) is 17.2 Å². The van der Waals surface area contributed by atoms with Crippen molar-refractivity contribution in [2.45, 2.75) is 12.5 Å². The van der Waals surface area contributed by atoms with Crippen LogP contribution in [0, 0.1) is 11.6 Å². The van der Waals surface area contributed by atoms with Crippen LogP contribution in [0.5, 0.6) is 0 Å². The number of benzene rings is 2. The van der Waals surface area contributed by atoms with Crippen LogP contribution >= 0.6 is 0 Å². The molecular formula is C16H13F2N3. The number of hydrogen-bond acceptors (Lipinski definition) is 3. The smallest absolute Gasteiger partial charge is 0.129 e. The van der Waals surface area contributed by atoms with Crippen molar-refractivity contribution in [2.75, 3.05) is 0 Å². The van der Waals surface area contributed by atoms with Gasteiger partial charge in [-0.25, -0.2) is 8.78 Å². The van der Waals surface area contributed by atoms with Crippen LogP contribution in [0.25, 0.3) is 11.0 Å². The first-order valence-electron chi connectivity index (χ1n) is 6.54. The summed E-state index contributed by atoms with van der Waals surface area (Å²) in [6.45, 7) is 0. The number of fused-ring (bicyclic) bond motifs is 1. The van der Waals surface area contributed by atoms with Gasteiger partial charge in [-0.15, -0.1) is 0 Å². The molecule has 21 heavy (non-hydrogen) atoms. The Kier molecular flexibility index (Phi) is 3.58. The van der Waals surface area contributed by atoms with Gasteiger partial charge in [0.1, 0.15) is 11.6 Å². The summed E-state index contributed by atoms with van der Waals surface area (Å²) in [5.41, 5.74) is 8.31. The van der Waals surface area contributed by atoms with Crippen molar-refractivity contribution in [3.8, 4) is 0 Å². The summed E-state index contributed by atoms with van der Waals surface area (Å²) < 4.78 is 27.3. The number of nitrogens with zero attached hydrogens (tertiary/aromatic N) is 2. The van der Waals surface area contributed by atoms with Gasteiger partial charge in [-0.3, -0.25) is 9.97 Å². The van der Waals surface area contributed by atoms with E-state index in [1.807, 2.05) is 0 Å². The summed E-state index contributed by atoms with van der Waals surface area (Å²) in [7, 11) is 0. The Hall–Kier alpha value is -2.40. The zero-order chi connectivity index (χ0) is 14.8. The Morgan fingerprint density at radius 3 is 2.33 bits per heavy atom. The Bertz CT molecular complexity index is 769. The Balaban J connectivity index is 1.91. The third-order valence-electron chi connectivity index (χ3n) is 3.41. The molecule has 0 fully saturated rings. The SMILES string of the molecule is NC(Cc1c(F)cccc1F)c1ccc2nccnc2c1. The van der Waals surface area contributed by atoms with E-state index in [4.69, 9.17) is 5.73 Å². The fourth-order valence-electron chi connectivity index (χ4n) is 2.28. The fourth-order valence-corrected chi connectivity index (χ4v) is 2.28. The highest BCUT2D eigenvalue weighted by molar-refractivity contribution is 5.74. The highest BCUT2D eigenvalue weighted by Crippen LogP contribution is 2.22. The van der Waals surface area contributed by atoms with E-state index in [-0.39, 0.29) is 12.0 Å². The first-order chi connectivity index (χ1) is 10.1. The maximum absolute atomic E-state index is 13.7. The molecule has 0 aliphatic carbocycles. The van der Waals surface area contributed by atoms with Crippen molar-refractivity contribution in [1.82, 2.24) is 9.97 Å². The topological polar surface area (TPSA) is 51.8 Å². The largest absolute Gasteiger partial charge is 0.324 e. The van der Waals surface area contributed by atoms with E-state index in [2.05, 4.69) is 9.97 Å². The third kappa shape index (κ3) is 2.73. The molecule has 0 amide bonds. The van der Waals surface area contributed by atoms with Crippen LogP contribution in [0.3, 0.4) is 0 Å². The van der Waals surface area contributed by atoms with Gasteiger partial charge in [-0.05, 0) is 36.2 Å². The third-order valence-corrected chi connectivity index (χ3v) is 3.41. The molecule has 1 atom stereocenters. The van der Waals surface area contributed by atoms with Crippen LogP contribution in [0.4, 0.5) is 8.78 Å². The van der Waals surface area contributed by atoms with Crippen LogP contribution < -0.4 is 5.73 Å². The molecule has 0 aliphatic rings. The van der Waals surface area contributed by atoms with Gasteiger partial charge in [0.25, 0.3) is 0 Å². The molecule has 1 unspecified atom stereocenters. The monoisotopic (exact) mass is 285 g/mol. The summed E-state index contributed by atoms with van der Waals surface area (Å²) >= 11 is 0. The fraction of sp³-hybridized carbons (Fsp3) is 0.125. The average Bonchev–Trinajstić information content (AvgIpc) is 2.50. The normalized spacial score (nSPS) is 12.5. The van der Waals surface area contributed by atoms with Gasteiger partial charge in [0, 0.05) is 24.0 Å². The van der Waals surface area contributed by atoms with E-state index in [1.165, 1.54) is 18.2 Å². The minimum absolute atomic E-state index is 0.00393. The number of halogens is 2. The quantitative estimate of drug-likeness (QED) is 0.804. The van der Waals surface area contributed by atoms with Gasteiger partial charge in [0.15, 0.2) is 0 Å². The summed E-state index contributed by atoms with van der Waals surface area (Å²) in [4.78, 5) is 8.37. The summed E-state index contributed by atoms with van der Waals surface area (Å²) in [5, 5.41) is 0. The molecule has 0 aliphatic heterocycles. The number of hydrogen-bond donors (Lipinski definition) is 1. The lowest BCUT2D eigenvalue weighted by Crippen LogP contribution is -2.15. The second-order valence-corrected chi connectivity index (χ2v) is 4.82. The Morgan fingerprint density at radius 1 is 0.952 bits per heavy atom. The van der Waals surface area contributed by atoms with Gasteiger partial charge in [-0.1, -0.05) is 12.1 Å². The Labute approximate surface area is 120 Å². The highest BCUT2D eigenvalue weighted by Gasteiger charge is 2.14. The van der Waals surface area contributed by atoms with Crippen molar-refractivity contribution in [1.29, 1.82) is 0 Å². The molecule has 0 bridgehead atoms. The van der Waals surface area contributed by atoms with Crippen molar-refractivity contribution >= 4 is 11.0 Å². The molecule has 1 heterocycles. The molecule has 0 saturated carbocycles. The molecule has 2 N–H and O–H groups in total. The zero-order valence-corrected chi connectivity index (χ0v) is 11.1. The van der Waals surface area contributed by atoms with Crippen LogP contribution in [-0.4, -0.2) is 9.97 Å². The van der Waals surface area contributed by atoms with Gasteiger partial charge in [-0.2, -0.15) is 0 Å². The van der Waals surface area contributed by atoms with E-state index >= 15 is 0 Å². The summed E-state index contributed by atoms with van der Waals surface area (Å²) in [6.07, 6.45) is 3.29. The van der Waals surface area contributed by atoms with Crippen LogP contribution in [-0.2, 0) is 6.42 Å². The molecule has 0 saturated heterocycles. The molecule has 3 rings (SSSR count). The van der Waals surface area contributed by atoms with E-state index < -0.39 is 17.7 Å². The van der Waals surface area contributed by atoms with Gasteiger partial charge in [0.05, 0.1) is 11.0 Å². The summed E-state index contributed by atoms with van der Waals surface area (Å²) in [6, 6.07) is 8.70. The number of aromatic nitrogens is 2. The lowest BCUT2D eigenvalue weighted by Gasteiger charge is -2.13. The lowest BCUT2D eigenvalue weighted by molar-refractivity contribution is 0.540. The predicted molar refractivity (Wildman–Crippen MR) is 76.5 cm³/mol. The van der Waals surface area contributed by atoms with E-state index in [0.29, 0.717) is 5.52 Å². The van der Waals surface area contributed by atoms with Gasteiger partial charge in [0.2, 0.25) is 0 Å². The highest BCUT2D eigenvalue weighted by atomic mass is 19.1. The molecule has 3 nitrogen and oxygen atoms in total. The van der Waals surface area contributed by atoms with Crippen molar-refractivity contribution in [3.63, 3.8) is 0 Å². The van der Waals surface area contributed by atoms with Crippen molar-refractivity contribution in [2.24, 2.45) is 5.73 Å². The number of nitrogens with two attached hydrogens (primary N) is 1. The zero-order valence-electron chi connectivity index (χ0n) is 11.1. The predicted octanol–water partition coefficient (Wildman–Crippen LogP) is 3.15. The molecule has 0 radical (unpaired) electrons.